The molecule has 1 saturated heterocycles. The molecule has 0 aliphatic carbocycles. The molecule has 0 spiro atoms. The zero-order chi connectivity index (χ0) is 14.8. The Labute approximate surface area is 118 Å². The Morgan fingerprint density at radius 1 is 1.40 bits per heavy atom. The summed E-state index contributed by atoms with van der Waals surface area (Å²) >= 11 is 0. The minimum absolute atomic E-state index is 0.100. The number of aryl methyl sites for hydroxylation is 1. The van der Waals surface area contributed by atoms with Gasteiger partial charge in [-0.15, -0.1) is 0 Å². The van der Waals surface area contributed by atoms with E-state index in [1.165, 1.54) is 4.31 Å². The first-order valence-electron chi connectivity index (χ1n) is 6.21. The predicted octanol–water partition coefficient (Wildman–Crippen LogP) is 0.268. The molecule has 1 aromatic rings. The largest absolute Gasteiger partial charge is 0.384 e. The summed E-state index contributed by atoms with van der Waals surface area (Å²) in [4.78, 5) is 0. The molecule has 0 unspecified atom stereocenters. The van der Waals surface area contributed by atoms with Gasteiger partial charge in [-0.3, -0.25) is 10.1 Å². The minimum atomic E-state index is -3.61. The van der Waals surface area contributed by atoms with E-state index in [1.54, 1.807) is 25.1 Å². The van der Waals surface area contributed by atoms with Gasteiger partial charge in [0.05, 0.1) is 18.9 Å². The maximum absolute atomic E-state index is 12.3. The molecule has 7 nitrogen and oxygen atoms in total. The molecule has 4 N–H and O–H groups in total. The number of morpholine rings is 1. The van der Waals surface area contributed by atoms with Crippen molar-refractivity contribution in [1.82, 2.24) is 4.31 Å². The van der Waals surface area contributed by atoms with Crippen molar-refractivity contribution in [1.29, 1.82) is 5.41 Å². The second kappa shape index (κ2) is 5.78. The Bertz CT molecular complexity index is 609. The van der Waals surface area contributed by atoms with Crippen molar-refractivity contribution < 1.29 is 13.2 Å². The SMILES string of the molecule is Cc1ccc(C(=N)N)cc1NS(=O)(=O)N1CCOCC1. The monoisotopic (exact) mass is 298 g/mol. The smallest absolute Gasteiger partial charge is 0.301 e. The van der Waals surface area contributed by atoms with Crippen LogP contribution in [0.1, 0.15) is 11.1 Å². The van der Waals surface area contributed by atoms with E-state index in [1.807, 2.05) is 0 Å². The zero-order valence-electron chi connectivity index (χ0n) is 11.2. The van der Waals surface area contributed by atoms with Crippen molar-refractivity contribution in [3.63, 3.8) is 0 Å². The molecule has 8 heteroatoms. The van der Waals surface area contributed by atoms with E-state index >= 15 is 0 Å². The summed E-state index contributed by atoms with van der Waals surface area (Å²) in [5, 5.41) is 7.40. The molecule has 1 fully saturated rings. The number of nitrogens with zero attached hydrogens (tertiary/aromatic N) is 1. The van der Waals surface area contributed by atoms with E-state index in [0.717, 1.165) is 5.56 Å². The van der Waals surface area contributed by atoms with Crippen LogP contribution in [0.4, 0.5) is 5.69 Å². The number of nitrogen functional groups attached to an aromatic ring is 1. The van der Waals surface area contributed by atoms with Gasteiger partial charge >= 0.3 is 10.2 Å². The van der Waals surface area contributed by atoms with Crippen LogP contribution in [0, 0.1) is 12.3 Å². The highest BCUT2D eigenvalue weighted by molar-refractivity contribution is 7.90. The molecule has 1 aromatic carbocycles. The third kappa shape index (κ3) is 3.27. The molecule has 0 amide bonds. The number of benzene rings is 1. The van der Waals surface area contributed by atoms with Crippen molar-refractivity contribution in [2.75, 3.05) is 31.0 Å². The van der Waals surface area contributed by atoms with E-state index in [2.05, 4.69) is 4.72 Å². The standard InChI is InChI=1S/C12H18N4O3S/c1-9-2-3-10(12(13)14)8-11(9)15-20(17,18)16-4-6-19-7-5-16/h2-3,8,15H,4-7H2,1H3,(H3,13,14). The highest BCUT2D eigenvalue weighted by Crippen LogP contribution is 2.19. The first-order chi connectivity index (χ1) is 9.40. The Morgan fingerprint density at radius 2 is 2.05 bits per heavy atom. The van der Waals surface area contributed by atoms with Gasteiger partial charge in [0.15, 0.2) is 0 Å². The number of nitrogens with one attached hydrogen (secondary N) is 2. The van der Waals surface area contributed by atoms with E-state index < -0.39 is 10.2 Å². The Kier molecular flexibility index (Phi) is 4.26. The second-order valence-electron chi connectivity index (χ2n) is 4.56. The van der Waals surface area contributed by atoms with Crippen molar-refractivity contribution in [2.24, 2.45) is 5.73 Å². The van der Waals surface area contributed by atoms with E-state index in [0.29, 0.717) is 37.6 Å². The van der Waals surface area contributed by atoms with Gasteiger partial charge < -0.3 is 10.5 Å². The van der Waals surface area contributed by atoms with Crippen LogP contribution < -0.4 is 10.5 Å². The van der Waals surface area contributed by atoms with Gasteiger partial charge in [0.2, 0.25) is 0 Å². The fourth-order valence-electron chi connectivity index (χ4n) is 1.89. The van der Waals surface area contributed by atoms with Crippen LogP contribution in [-0.4, -0.2) is 44.9 Å². The van der Waals surface area contributed by atoms with Crippen LogP contribution in [0.25, 0.3) is 0 Å². The van der Waals surface area contributed by atoms with Crippen LogP contribution in [0.2, 0.25) is 0 Å². The summed E-state index contributed by atoms with van der Waals surface area (Å²) in [6.45, 7) is 3.25. The number of ether oxygens (including phenoxy) is 1. The summed E-state index contributed by atoms with van der Waals surface area (Å²) in [7, 11) is -3.61. The van der Waals surface area contributed by atoms with Crippen LogP contribution in [0.3, 0.4) is 0 Å². The topological polar surface area (TPSA) is 109 Å². The predicted molar refractivity (Wildman–Crippen MR) is 77.1 cm³/mol. The summed E-state index contributed by atoms with van der Waals surface area (Å²) in [5.41, 5.74) is 7.10. The lowest BCUT2D eigenvalue weighted by atomic mass is 10.1. The van der Waals surface area contributed by atoms with Crippen LogP contribution in [0.5, 0.6) is 0 Å². The molecule has 0 radical (unpaired) electrons. The van der Waals surface area contributed by atoms with Gasteiger partial charge in [-0.25, -0.2) is 0 Å². The van der Waals surface area contributed by atoms with Crippen molar-refractivity contribution in [3.8, 4) is 0 Å². The van der Waals surface area contributed by atoms with Crippen molar-refractivity contribution in [3.05, 3.63) is 29.3 Å². The first kappa shape index (κ1) is 14.8. The number of hydrogen-bond acceptors (Lipinski definition) is 4. The highest BCUT2D eigenvalue weighted by atomic mass is 32.2. The molecule has 0 atom stereocenters. The molecule has 1 heterocycles. The maximum Gasteiger partial charge on any atom is 0.301 e. The van der Waals surface area contributed by atoms with Gasteiger partial charge in [-0.1, -0.05) is 12.1 Å². The average molecular weight is 298 g/mol. The molecular formula is C12H18N4O3S. The summed E-state index contributed by atoms with van der Waals surface area (Å²) < 4.78 is 33.6. The lowest BCUT2D eigenvalue weighted by Crippen LogP contribution is -2.43. The van der Waals surface area contributed by atoms with Gasteiger partial charge in [0.25, 0.3) is 0 Å². The third-order valence-corrected chi connectivity index (χ3v) is 4.62. The number of nitrogens with two attached hydrogens (primary N) is 1. The van der Waals surface area contributed by atoms with Gasteiger partial charge in [0, 0.05) is 18.7 Å². The van der Waals surface area contributed by atoms with E-state index in [-0.39, 0.29) is 5.84 Å². The van der Waals surface area contributed by atoms with Gasteiger partial charge in [-0.2, -0.15) is 12.7 Å². The Balaban J connectivity index is 2.24. The molecule has 0 aromatic heterocycles. The first-order valence-corrected chi connectivity index (χ1v) is 7.65. The number of hydrogen-bond donors (Lipinski definition) is 3. The molecular weight excluding hydrogens is 280 g/mol. The normalized spacial score (nSPS) is 16.9. The molecule has 1 aliphatic rings. The number of anilines is 1. The Morgan fingerprint density at radius 3 is 2.65 bits per heavy atom. The lowest BCUT2D eigenvalue weighted by Gasteiger charge is -2.26. The quantitative estimate of drug-likeness (QED) is 0.547. The van der Waals surface area contributed by atoms with Crippen molar-refractivity contribution in [2.45, 2.75) is 6.92 Å². The molecule has 0 bridgehead atoms. The van der Waals surface area contributed by atoms with Gasteiger partial charge in [0.1, 0.15) is 5.84 Å². The molecule has 1 aliphatic heterocycles. The van der Waals surface area contributed by atoms with Crippen LogP contribution in [-0.2, 0) is 14.9 Å². The van der Waals surface area contributed by atoms with E-state index in [4.69, 9.17) is 15.9 Å². The maximum atomic E-state index is 12.3. The molecule has 2 rings (SSSR count). The zero-order valence-corrected chi connectivity index (χ0v) is 12.0. The fourth-order valence-corrected chi connectivity index (χ4v) is 3.15. The highest BCUT2D eigenvalue weighted by Gasteiger charge is 2.24. The van der Waals surface area contributed by atoms with Crippen LogP contribution in [0.15, 0.2) is 18.2 Å². The lowest BCUT2D eigenvalue weighted by molar-refractivity contribution is 0.0733. The fraction of sp³-hybridized carbons (Fsp3) is 0.417. The number of amidine groups is 1. The summed E-state index contributed by atoms with van der Waals surface area (Å²) in [6.07, 6.45) is 0. The van der Waals surface area contributed by atoms with Crippen LogP contribution >= 0.6 is 0 Å². The van der Waals surface area contributed by atoms with Crippen molar-refractivity contribution >= 4 is 21.7 Å². The molecule has 20 heavy (non-hydrogen) atoms. The van der Waals surface area contributed by atoms with E-state index in [9.17, 15) is 8.42 Å². The van der Waals surface area contributed by atoms with Gasteiger partial charge in [-0.05, 0) is 18.6 Å². The summed E-state index contributed by atoms with van der Waals surface area (Å²) in [5.74, 6) is -0.100. The molecule has 110 valence electrons. The molecule has 0 saturated carbocycles. The number of rotatable bonds is 4. The second-order valence-corrected chi connectivity index (χ2v) is 6.23. The third-order valence-electron chi connectivity index (χ3n) is 3.10. The minimum Gasteiger partial charge on any atom is -0.384 e. The Hall–Kier alpha value is -1.64. The summed E-state index contributed by atoms with van der Waals surface area (Å²) in [6, 6.07) is 4.98. The average Bonchev–Trinajstić information content (AvgIpc) is 2.42.